The quantitative estimate of drug-likeness (QED) is 0.865. The van der Waals surface area contributed by atoms with Crippen LogP contribution < -0.4 is 10.5 Å². The molecule has 1 heterocycles. The summed E-state index contributed by atoms with van der Waals surface area (Å²) in [5.74, 6) is 0.481. The Kier molecular flexibility index (Phi) is 3.51. The van der Waals surface area contributed by atoms with Gasteiger partial charge >= 0.3 is 6.01 Å². The Hall–Kier alpha value is -1.72. The van der Waals surface area contributed by atoms with Crippen molar-refractivity contribution in [3.05, 3.63) is 47.2 Å². The topological polar surface area (TPSA) is 61.0 Å². The maximum Gasteiger partial charge on any atom is 0.322 e. The minimum absolute atomic E-state index is 0.156. The average molecular weight is 266 g/mol. The SMILES string of the molecule is NC(=S)c1ccnc(Oc2ccccc2Cl)n1. The molecule has 0 unspecified atom stereocenters. The second-order valence-corrected chi connectivity index (χ2v) is 3.97. The van der Waals surface area contributed by atoms with Crippen LogP contribution >= 0.6 is 23.8 Å². The highest BCUT2D eigenvalue weighted by atomic mass is 35.5. The third kappa shape index (κ3) is 2.89. The minimum atomic E-state index is 0.156. The Balaban J connectivity index is 2.28. The van der Waals surface area contributed by atoms with Crippen molar-refractivity contribution in [1.82, 2.24) is 9.97 Å². The number of halogens is 1. The zero-order chi connectivity index (χ0) is 12.3. The number of hydrogen-bond acceptors (Lipinski definition) is 4. The van der Waals surface area contributed by atoms with Crippen LogP contribution in [-0.4, -0.2) is 15.0 Å². The maximum atomic E-state index is 5.95. The number of para-hydroxylation sites is 1. The van der Waals surface area contributed by atoms with Crippen LogP contribution in [0.5, 0.6) is 11.8 Å². The molecule has 0 aliphatic carbocycles. The van der Waals surface area contributed by atoms with Crippen molar-refractivity contribution in [2.75, 3.05) is 0 Å². The molecular formula is C11H8ClN3OS. The molecule has 1 aromatic carbocycles. The molecule has 2 rings (SSSR count). The van der Waals surface area contributed by atoms with Crippen LogP contribution in [0.2, 0.25) is 5.02 Å². The van der Waals surface area contributed by atoms with Crippen LogP contribution in [0.25, 0.3) is 0 Å². The molecule has 6 heteroatoms. The van der Waals surface area contributed by atoms with Gasteiger partial charge in [-0.15, -0.1) is 0 Å². The number of thiocarbonyl (C=S) groups is 1. The van der Waals surface area contributed by atoms with Gasteiger partial charge in [-0.3, -0.25) is 0 Å². The van der Waals surface area contributed by atoms with Crippen LogP contribution in [0.1, 0.15) is 5.69 Å². The van der Waals surface area contributed by atoms with Crippen molar-refractivity contribution in [1.29, 1.82) is 0 Å². The molecule has 0 fully saturated rings. The Labute approximate surface area is 108 Å². The summed E-state index contributed by atoms with van der Waals surface area (Å²) in [4.78, 5) is 8.19. The van der Waals surface area contributed by atoms with Gasteiger partial charge in [0.15, 0.2) is 0 Å². The van der Waals surface area contributed by atoms with Crippen molar-refractivity contribution >= 4 is 28.8 Å². The van der Waals surface area contributed by atoms with E-state index in [-0.39, 0.29) is 11.0 Å². The van der Waals surface area contributed by atoms with E-state index < -0.39 is 0 Å². The molecule has 0 amide bonds. The molecule has 0 aliphatic heterocycles. The van der Waals surface area contributed by atoms with E-state index in [4.69, 9.17) is 34.3 Å². The average Bonchev–Trinajstić information content (AvgIpc) is 2.32. The minimum Gasteiger partial charge on any atom is -0.423 e. The lowest BCUT2D eigenvalue weighted by Crippen LogP contribution is -2.12. The number of benzene rings is 1. The van der Waals surface area contributed by atoms with E-state index in [1.165, 1.54) is 6.20 Å². The van der Waals surface area contributed by atoms with Crippen molar-refractivity contribution < 1.29 is 4.74 Å². The van der Waals surface area contributed by atoms with Crippen molar-refractivity contribution in [3.63, 3.8) is 0 Å². The zero-order valence-electron chi connectivity index (χ0n) is 8.63. The third-order valence-corrected chi connectivity index (χ3v) is 2.45. The molecule has 0 radical (unpaired) electrons. The molecule has 4 nitrogen and oxygen atoms in total. The first-order valence-corrected chi connectivity index (χ1v) is 5.50. The van der Waals surface area contributed by atoms with Gasteiger partial charge < -0.3 is 10.5 Å². The van der Waals surface area contributed by atoms with Gasteiger partial charge in [0, 0.05) is 6.20 Å². The number of ether oxygens (including phenoxy) is 1. The number of nitrogens with two attached hydrogens (primary N) is 1. The lowest BCUT2D eigenvalue weighted by molar-refractivity contribution is 0.441. The predicted molar refractivity (Wildman–Crippen MR) is 69.4 cm³/mol. The van der Waals surface area contributed by atoms with Gasteiger partial charge in [0.2, 0.25) is 0 Å². The fraction of sp³-hybridized carbons (Fsp3) is 0. The second kappa shape index (κ2) is 5.07. The molecule has 0 saturated heterocycles. The van der Waals surface area contributed by atoms with E-state index in [0.717, 1.165) is 0 Å². The summed E-state index contributed by atoms with van der Waals surface area (Å²) in [6.07, 6.45) is 1.52. The summed E-state index contributed by atoms with van der Waals surface area (Å²) in [6.45, 7) is 0. The van der Waals surface area contributed by atoms with E-state index in [0.29, 0.717) is 16.5 Å². The van der Waals surface area contributed by atoms with E-state index >= 15 is 0 Å². The molecule has 2 N–H and O–H groups in total. The van der Waals surface area contributed by atoms with Gasteiger partial charge in [0.1, 0.15) is 16.4 Å². The molecule has 0 bridgehead atoms. The van der Waals surface area contributed by atoms with E-state index in [9.17, 15) is 0 Å². The highest BCUT2D eigenvalue weighted by molar-refractivity contribution is 7.80. The monoisotopic (exact) mass is 265 g/mol. The van der Waals surface area contributed by atoms with Gasteiger partial charge in [-0.05, 0) is 18.2 Å². The van der Waals surface area contributed by atoms with Crippen LogP contribution in [-0.2, 0) is 0 Å². The van der Waals surface area contributed by atoms with Crippen molar-refractivity contribution in [3.8, 4) is 11.8 Å². The summed E-state index contributed by atoms with van der Waals surface area (Å²) in [5, 5.41) is 0.483. The van der Waals surface area contributed by atoms with Gasteiger partial charge in [-0.25, -0.2) is 4.98 Å². The first-order chi connectivity index (χ1) is 8.16. The Morgan fingerprint density at radius 1 is 1.29 bits per heavy atom. The molecule has 86 valence electrons. The number of aromatic nitrogens is 2. The molecule has 0 aliphatic rings. The van der Waals surface area contributed by atoms with Gasteiger partial charge in [0.25, 0.3) is 0 Å². The smallest absolute Gasteiger partial charge is 0.322 e. The third-order valence-electron chi connectivity index (χ3n) is 1.92. The highest BCUT2D eigenvalue weighted by Crippen LogP contribution is 2.26. The van der Waals surface area contributed by atoms with E-state index in [1.807, 2.05) is 6.07 Å². The van der Waals surface area contributed by atoms with Crippen molar-refractivity contribution in [2.45, 2.75) is 0 Å². The van der Waals surface area contributed by atoms with Crippen LogP contribution in [0, 0.1) is 0 Å². The van der Waals surface area contributed by atoms with E-state index in [1.54, 1.807) is 24.3 Å². The molecule has 0 atom stereocenters. The van der Waals surface area contributed by atoms with Gasteiger partial charge in [-0.1, -0.05) is 36.0 Å². The Morgan fingerprint density at radius 3 is 2.76 bits per heavy atom. The molecule has 0 spiro atoms. The van der Waals surface area contributed by atoms with Crippen molar-refractivity contribution in [2.24, 2.45) is 5.73 Å². The number of nitrogens with zero attached hydrogens (tertiary/aromatic N) is 2. The van der Waals surface area contributed by atoms with Gasteiger partial charge in [-0.2, -0.15) is 4.98 Å². The maximum absolute atomic E-state index is 5.95. The van der Waals surface area contributed by atoms with Crippen LogP contribution in [0.4, 0.5) is 0 Å². The fourth-order valence-electron chi connectivity index (χ4n) is 1.15. The molecule has 2 aromatic rings. The molecular weight excluding hydrogens is 258 g/mol. The zero-order valence-corrected chi connectivity index (χ0v) is 10.2. The summed E-state index contributed by atoms with van der Waals surface area (Å²) in [5.41, 5.74) is 5.92. The van der Waals surface area contributed by atoms with Crippen LogP contribution in [0.3, 0.4) is 0 Å². The van der Waals surface area contributed by atoms with Gasteiger partial charge in [0.05, 0.1) is 5.02 Å². The highest BCUT2D eigenvalue weighted by Gasteiger charge is 2.06. The van der Waals surface area contributed by atoms with E-state index in [2.05, 4.69) is 9.97 Å². The first kappa shape index (κ1) is 11.8. The number of hydrogen-bond donors (Lipinski definition) is 1. The predicted octanol–water partition coefficient (Wildman–Crippen LogP) is 2.56. The fourth-order valence-corrected chi connectivity index (χ4v) is 1.44. The normalized spacial score (nSPS) is 9.94. The summed E-state index contributed by atoms with van der Waals surface area (Å²) >= 11 is 10.8. The Bertz CT molecular complexity index is 562. The summed E-state index contributed by atoms with van der Waals surface area (Å²) in [6, 6.07) is 8.82. The lowest BCUT2D eigenvalue weighted by Gasteiger charge is -2.05. The Morgan fingerprint density at radius 2 is 2.06 bits per heavy atom. The molecule has 0 saturated carbocycles. The second-order valence-electron chi connectivity index (χ2n) is 3.12. The van der Waals surface area contributed by atoms with Crippen LogP contribution in [0.15, 0.2) is 36.5 Å². The number of rotatable bonds is 3. The largest absolute Gasteiger partial charge is 0.423 e. The first-order valence-electron chi connectivity index (χ1n) is 4.72. The summed E-state index contributed by atoms with van der Waals surface area (Å²) < 4.78 is 5.43. The molecule has 1 aromatic heterocycles. The molecule has 17 heavy (non-hydrogen) atoms. The lowest BCUT2D eigenvalue weighted by atomic mass is 10.3. The summed E-state index contributed by atoms with van der Waals surface area (Å²) in [7, 11) is 0. The standard InChI is InChI=1S/C11H8ClN3OS/c12-7-3-1-2-4-9(7)16-11-14-6-5-8(15-11)10(13)17/h1-6H,(H2,13,17).